The molecule has 0 aliphatic rings. The van der Waals surface area contributed by atoms with Gasteiger partial charge in [0.15, 0.2) is 0 Å². The number of ether oxygens (including phenoxy) is 1. The van der Waals surface area contributed by atoms with E-state index in [4.69, 9.17) is 20.1 Å². The summed E-state index contributed by atoms with van der Waals surface area (Å²) in [5, 5.41) is 25.8. The summed E-state index contributed by atoms with van der Waals surface area (Å²) >= 11 is 0. The summed E-state index contributed by atoms with van der Waals surface area (Å²) in [4.78, 5) is 43.2. The molecule has 0 heterocycles. The molecule has 0 aromatic heterocycles. The Hall–Kier alpha value is -4.46. The van der Waals surface area contributed by atoms with Gasteiger partial charge >= 0.3 is 23.9 Å². The minimum atomic E-state index is -1.08. The molecule has 0 atom stereocenters. The Morgan fingerprint density at radius 2 is 1.00 bits per heavy atom. The fraction of sp³-hybridized carbons (Fsp3) is 0. The van der Waals surface area contributed by atoms with Crippen LogP contribution in [0.5, 0.6) is 5.75 Å². The summed E-state index contributed by atoms with van der Waals surface area (Å²) < 4.78 is 5.10. The Morgan fingerprint density at radius 3 is 1.47 bits per heavy atom. The van der Waals surface area contributed by atoms with Gasteiger partial charge in [-0.1, -0.05) is 24.3 Å². The van der Waals surface area contributed by atoms with E-state index in [-0.39, 0.29) is 22.3 Å². The molecule has 0 amide bonds. The summed E-state index contributed by atoms with van der Waals surface area (Å²) in [6, 6.07) is 19.3. The average molecular weight is 408 g/mol. The Morgan fingerprint density at radius 1 is 0.533 bits per heavy atom. The Balaban J connectivity index is 0.000000232. The minimum absolute atomic E-state index is 0.0533. The second kappa shape index (κ2) is 10.2. The van der Waals surface area contributed by atoms with Gasteiger partial charge in [0.1, 0.15) is 5.75 Å². The molecule has 30 heavy (non-hydrogen) atoms. The van der Waals surface area contributed by atoms with Crippen LogP contribution in [0.2, 0.25) is 0 Å². The summed E-state index contributed by atoms with van der Waals surface area (Å²) in [6.07, 6.45) is 0. The van der Waals surface area contributed by atoms with E-state index in [1.165, 1.54) is 48.5 Å². The number of aromatic carboxylic acids is 3. The molecule has 0 radical (unpaired) electrons. The minimum Gasteiger partial charge on any atom is -0.478 e. The normalized spacial score (nSPS) is 9.60. The highest BCUT2D eigenvalue weighted by molar-refractivity contribution is 5.95. The van der Waals surface area contributed by atoms with Crippen molar-refractivity contribution in [2.24, 2.45) is 0 Å². The first-order valence-corrected chi connectivity index (χ1v) is 8.45. The lowest BCUT2D eigenvalue weighted by Gasteiger charge is -2.04. The SMILES string of the molecule is O=C(O)c1ccc(C(=O)O)cc1.O=C(O)c1cccc(C(=O)Oc2ccccc2)c1. The van der Waals surface area contributed by atoms with Gasteiger partial charge in [0.25, 0.3) is 0 Å². The van der Waals surface area contributed by atoms with E-state index in [1.54, 1.807) is 24.3 Å². The average Bonchev–Trinajstić information content (AvgIpc) is 2.75. The van der Waals surface area contributed by atoms with Gasteiger partial charge in [-0.15, -0.1) is 0 Å². The molecule has 0 unspecified atom stereocenters. The molecular weight excluding hydrogens is 392 g/mol. The van der Waals surface area contributed by atoms with Gasteiger partial charge in [0.05, 0.1) is 22.3 Å². The molecule has 3 aromatic carbocycles. The van der Waals surface area contributed by atoms with Crippen molar-refractivity contribution in [3.05, 3.63) is 101 Å². The number of carbonyl (C=O) groups is 4. The first-order chi connectivity index (χ1) is 14.3. The van der Waals surface area contributed by atoms with Crippen molar-refractivity contribution in [2.45, 2.75) is 0 Å². The molecule has 0 spiro atoms. The van der Waals surface area contributed by atoms with Gasteiger partial charge in [-0.05, 0) is 54.6 Å². The Kier molecular flexibility index (Phi) is 7.41. The third kappa shape index (κ3) is 6.31. The molecule has 0 bridgehead atoms. The highest BCUT2D eigenvalue weighted by Crippen LogP contribution is 2.13. The lowest BCUT2D eigenvalue weighted by Crippen LogP contribution is -2.09. The molecule has 8 heteroatoms. The molecule has 3 aromatic rings. The number of benzene rings is 3. The Labute approximate surface area is 170 Å². The van der Waals surface area contributed by atoms with E-state index in [1.807, 2.05) is 6.07 Å². The van der Waals surface area contributed by atoms with Crippen LogP contribution in [0, 0.1) is 0 Å². The Bertz CT molecular complexity index is 1020. The van der Waals surface area contributed by atoms with Crippen molar-refractivity contribution >= 4 is 23.9 Å². The lowest BCUT2D eigenvalue weighted by molar-refractivity contribution is 0.0681. The smallest absolute Gasteiger partial charge is 0.343 e. The number of hydrogen-bond acceptors (Lipinski definition) is 5. The van der Waals surface area contributed by atoms with Crippen LogP contribution in [0.25, 0.3) is 0 Å². The zero-order chi connectivity index (χ0) is 22.1. The summed E-state index contributed by atoms with van der Waals surface area (Å²) in [5.41, 5.74) is 0.427. The molecule has 8 nitrogen and oxygen atoms in total. The fourth-order valence-electron chi connectivity index (χ4n) is 2.19. The molecule has 0 saturated carbocycles. The number of para-hydroxylation sites is 1. The van der Waals surface area contributed by atoms with Crippen molar-refractivity contribution in [1.29, 1.82) is 0 Å². The highest BCUT2D eigenvalue weighted by Gasteiger charge is 2.11. The molecule has 0 aliphatic carbocycles. The summed E-state index contributed by atoms with van der Waals surface area (Å²) in [6.45, 7) is 0. The predicted octanol–water partition coefficient (Wildman–Crippen LogP) is 3.69. The van der Waals surface area contributed by atoms with Gasteiger partial charge in [0, 0.05) is 0 Å². The molecule has 0 aliphatic heterocycles. The van der Waals surface area contributed by atoms with Crippen LogP contribution < -0.4 is 4.74 Å². The molecular formula is C22H16O8. The number of carboxylic acids is 3. The predicted molar refractivity (Wildman–Crippen MR) is 105 cm³/mol. The van der Waals surface area contributed by atoms with Crippen LogP contribution in [0.3, 0.4) is 0 Å². The highest BCUT2D eigenvalue weighted by atomic mass is 16.5. The van der Waals surface area contributed by atoms with Crippen LogP contribution in [-0.2, 0) is 0 Å². The quantitative estimate of drug-likeness (QED) is 0.429. The number of carbonyl (C=O) groups excluding carboxylic acids is 1. The van der Waals surface area contributed by atoms with E-state index in [0.717, 1.165) is 0 Å². The largest absolute Gasteiger partial charge is 0.478 e. The fourth-order valence-corrected chi connectivity index (χ4v) is 2.19. The molecule has 3 rings (SSSR count). The van der Waals surface area contributed by atoms with Crippen LogP contribution in [0.4, 0.5) is 0 Å². The molecule has 152 valence electrons. The van der Waals surface area contributed by atoms with Crippen molar-refractivity contribution in [3.8, 4) is 5.75 Å². The zero-order valence-corrected chi connectivity index (χ0v) is 15.4. The zero-order valence-electron chi connectivity index (χ0n) is 15.4. The van der Waals surface area contributed by atoms with Crippen molar-refractivity contribution in [3.63, 3.8) is 0 Å². The first-order valence-electron chi connectivity index (χ1n) is 8.45. The summed E-state index contributed by atoms with van der Waals surface area (Å²) in [5.74, 6) is -3.37. The number of esters is 1. The maximum atomic E-state index is 11.8. The van der Waals surface area contributed by atoms with E-state index in [0.29, 0.717) is 5.75 Å². The van der Waals surface area contributed by atoms with Crippen LogP contribution in [-0.4, -0.2) is 39.2 Å². The van der Waals surface area contributed by atoms with Crippen molar-refractivity contribution in [1.82, 2.24) is 0 Å². The van der Waals surface area contributed by atoms with E-state index in [9.17, 15) is 19.2 Å². The maximum Gasteiger partial charge on any atom is 0.343 e. The van der Waals surface area contributed by atoms with Crippen LogP contribution >= 0.6 is 0 Å². The third-order valence-corrected chi connectivity index (χ3v) is 3.68. The van der Waals surface area contributed by atoms with Crippen molar-refractivity contribution in [2.75, 3.05) is 0 Å². The van der Waals surface area contributed by atoms with Crippen LogP contribution in [0.1, 0.15) is 41.4 Å². The van der Waals surface area contributed by atoms with Gasteiger partial charge in [-0.25, -0.2) is 19.2 Å². The van der Waals surface area contributed by atoms with Gasteiger partial charge < -0.3 is 20.1 Å². The maximum absolute atomic E-state index is 11.8. The number of carboxylic acid groups (broad SMARTS) is 3. The molecule has 0 saturated heterocycles. The first kappa shape index (κ1) is 21.8. The third-order valence-electron chi connectivity index (χ3n) is 3.68. The molecule has 0 fully saturated rings. The standard InChI is InChI=1S/C14H10O4.C8H6O4/c15-13(16)10-5-4-6-11(9-10)14(17)18-12-7-2-1-3-8-12;9-7(10)5-1-2-6(4-3-5)8(11)12/h1-9H,(H,15,16);1-4H,(H,9,10)(H,11,12). The van der Waals surface area contributed by atoms with E-state index >= 15 is 0 Å². The second-order valence-electron chi connectivity index (χ2n) is 5.78. The van der Waals surface area contributed by atoms with E-state index < -0.39 is 23.9 Å². The van der Waals surface area contributed by atoms with Crippen LogP contribution in [0.15, 0.2) is 78.9 Å². The monoisotopic (exact) mass is 408 g/mol. The van der Waals surface area contributed by atoms with E-state index in [2.05, 4.69) is 0 Å². The number of rotatable bonds is 5. The van der Waals surface area contributed by atoms with Crippen molar-refractivity contribution < 1.29 is 39.2 Å². The van der Waals surface area contributed by atoms with Gasteiger partial charge in [0.2, 0.25) is 0 Å². The second-order valence-corrected chi connectivity index (χ2v) is 5.78. The number of hydrogen-bond donors (Lipinski definition) is 3. The topological polar surface area (TPSA) is 138 Å². The molecule has 3 N–H and O–H groups in total. The van der Waals surface area contributed by atoms with Gasteiger partial charge in [-0.3, -0.25) is 0 Å². The lowest BCUT2D eigenvalue weighted by atomic mass is 10.1. The summed E-state index contributed by atoms with van der Waals surface area (Å²) in [7, 11) is 0. The van der Waals surface area contributed by atoms with Gasteiger partial charge in [-0.2, -0.15) is 0 Å².